The molecule has 0 aromatic heterocycles. The van der Waals surface area contributed by atoms with Crippen molar-refractivity contribution in [2.24, 2.45) is 11.7 Å². The molecule has 1 saturated carbocycles. The fraction of sp³-hybridized carbons (Fsp3) is 0.588. The van der Waals surface area contributed by atoms with E-state index < -0.39 is 0 Å². The molecule has 2 rings (SSSR count). The Bertz CT molecular complexity index is 475. The summed E-state index contributed by atoms with van der Waals surface area (Å²) in [6, 6.07) is 6.53. The Morgan fingerprint density at radius 1 is 1.41 bits per heavy atom. The smallest absolute Gasteiger partial charge is 0.220 e. The highest BCUT2D eigenvalue weighted by Gasteiger charge is 2.27. The lowest BCUT2D eigenvalue weighted by Gasteiger charge is -2.25. The Morgan fingerprint density at radius 2 is 2.09 bits per heavy atom. The minimum absolute atomic E-state index is 0. The van der Waals surface area contributed by atoms with Crippen molar-refractivity contribution in [3.63, 3.8) is 0 Å². The van der Waals surface area contributed by atoms with Gasteiger partial charge in [0.15, 0.2) is 0 Å². The van der Waals surface area contributed by atoms with E-state index in [-0.39, 0.29) is 36.2 Å². The molecule has 0 bridgehead atoms. The Labute approximate surface area is 138 Å². The summed E-state index contributed by atoms with van der Waals surface area (Å²) in [5, 5.41) is 3.10. The van der Waals surface area contributed by atoms with Crippen LogP contribution in [0.4, 0.5) is 4.39 Å². The summed E-state index contributed by atoms with van der Waals surface area (Å²) in [5.41, 5.74) is 6.57. The van der Waals surface area contributed by atoms with Gasteiger partial charge in [-0.25, -0.2) is 4.39 Å². The van der Waals surface area contributed by atoms with Crippen molar-refractivity contribution in [2.75, 3.05) is 0 Å². The molecule has 2 atom stereocenters. The molecule has 1 aliphatic rings. The predicted octanol–water partition coefficient (Wildman–Crippen LogP) is 3.72. The first-order chi connectivity index (χ1) is 10.1. The average molecular weight is 329 g/mol. The second kappa shape index (κ2) is 9.11. The van der Waals surface area contributed by atoms with E-state index in [4.69, 9.17) is 5.73 Å². The number of benzene rings is 1. The van der Waals surface area contributed by atoms with Crippen LogP contribution < -0.4 is 11.1 Å². The van der Waals surface area contributed by atoms with E-state index in [9.17, 15) is 9.18 Å². The molecule has 1 aromatic carbocycles. The fourth-order valence-electron chi connectivity index (χ4n) is 3.07. The lowest BCUT2D eigenvalue weighted by atomic mass is 9.91. The number of halogens is 2. The third-order valence-electron chi connectivity index (χ3n) is 4.22. The normalized spacial score (nSPS) is 17.6. The molecule has 0 spiro atoms. The zero-order chi connectivity index (χ0) is 15.2. The monoisotopic (exact) mass is 328 g/mol. The second-order valence-corrected chi connectivity index (χ2v) is 6.16. The zero-order valence-corrected chi connectivity index (χ0v) is 13.9. The number of carbonyl (C=O) groups is 1. The minimum Gasteiger partial charge on any atom is -0.349 e. The number of hydrogen-bond acceptors (Lipinski definition) is 2. The van der Waals surface area contributed by atoms with Gasteiger partial charge in [-0.2, -0.15) is 0 Å². The quantitative estimate of drug-likeness (QED) is 0.836. The molecule has 1 aliphatic carbocycles. The summed E-state index contributed by atoms with van der Waals surface area (Å²) in [7, 11) is 0. The molecule has 3 N–H and O–H groups in total. The third-order valence-corrected chi connectivity index (χ3v) is 4.22. The van der Waals surface area contributed by atoms with Crippen LogP contribution in [0.2, 0.25) is 0 Å². The van der Waals surface area contributed by atoms with Crippen LogP contribution in [-0.4, -0.2) is 11.9 Å². The van der Waals surface area contributed by atoms with Crippen LogP contribution in [0.15, 0.2) is 24.3 Å². The molecule has 3 nitrogen and oxygen atoms in total. The minimum atomic E-state index is -0.250. The molecule has 1 aromatic rings. The summed E-state index contributed by atoms with van der Waals surface area (Å²) >= 11 is 0. The lowest BCUT2D eigenvalue weighted by Crippen LogP contribution is -2.33. The topological polar surface area (TPSA) is 55.1 Å². The van der Waals surface area contributed by atoms with E-state index in [1.165, 1.54) is 25.0 Å². The van der Waals surface area contributed by atoms with Gasteiger partial charge in [-0.05, 0) is 49.8 Å². The van der Waals surface area contributed by atoms with Gasteiger partial charge in [0, 0.05) is 12.5 Å². The Morgan fingerprint density at radius 3 is 2.68 bits per heavy atom. The molecule has 0 saturated heterocycles. The van der Waals surface area contributed by atoms with Crippen LogP contribution >= 0.6 is 12.4 Å². The lowest BCUT2D eigenvalue weighted by molar-refractivity contribution is -0.122. The van der Waals surface area contributed by atoms with Gasteiger partial charge >= 0.3 is 0 Å². The van der Waals surface area contributed by atoms with Crippen molar-refractivity contribution in [1.29, 1.82) is 0 Å². The van der Waals surface area contributed by atoms with Crippen LogP contribution in [-0.2, 0) is 4.79 Å². The van der Waals surface area contributed by atoms with Gasteiger partial charge in [0.05, 0.1) is 6.04 Å². The van der Waals surface area contributed by atoms with Crippen molar-refractivity contribution in [1.82, 2.24) is 5.32 Å². The van der Waals surface area contributed by atoms with Gasteiger partial charge in [0.1, 0.15) is 5.82 Å². The number of amides is 1. The van der Waals surface area contributed by atoms with Crippen molar-refractivity contribution in [3.8, 4) is 0 Å². The average Bonchev–Trinajstić information content (AvgIpc) is 2.96. The maximum absolute atomic E-state index is 13.5. The van der Waals surface area contributed by atoms with Gasteiger partial charge in [-0.3, -0.25) is 4.79 Å². The van der Waals surface area contributed by atoms with Crippen LogP contribution in [0.1, 0.15) is 57.1 Å². The highest BCUT2D eigenvalue weighted by Crippen LogP contribution is 2.36. The SMILES string of the molecule is CC(N)CCC(=O)NC(c1cccc(F)c1)C1CCCC1.Cl. The predicted molar refractivity (Wildman–Crippen MR) is 89.4 cm³/mol. The van der Waals surface area contributed by atoms with E-state index in [0.717, 1.165) is 18.4 Å². The number of nitrogens with one attached hydrogen (secondary N) is 1. The van der Waals surface area contributed by atoms with E-state index in [1.807, 2.05) is 13.0 Å². The molecule has 1 fully saturated rings. The molecule has 2 unspecified atom stereocenters. The molecular weight excluding hydrogens is 303 g/mol. The highest BCUT2D eigenvalue weighted by atomic mass is 35.5. The highest BCUT2D eigenvalue weighted by molar-refractivity contribution is 5.85. The van der Waals surface area contributed by atoms with Gasteiger partial charge in [0.2, 0.25) is 5.91 Å². The first kappa shape index (κ1) is 18.9. The number of carbonyl (C=O) groups excluding carboxylic acids is 1. The van der Waals surface area contributed by atoms with Crippen molar-refractivity contribution < 1.29 is 9.18 Å². The largest absolute Gasteiger partial charge is 0.349 e. The van der Waals surface area contributed by atoms with Crippen LogP contribution in [0, 0.1) is 11.7 Å². The maximum atomic E-state index is 13.5. The molecular formula is C17H26ClFN2O. The Hall–Kier alpha value is -1.13. The number of hydrogen-bond donors (Lipinski definition) is 2. The van der Waals surface area contributed by atoms with Crippen molar-refractivity contribution in [3.05, 3.63) is 35.6 Å². The number of nitrogens with two attached hydrogens (primary N) is 1. The van der Waals surface area contributed by atoms with Crippen LogP contribution in [0.25, 0.3) is 0 Å². The molecule has 124 valence electrons. The molecule has 1 amide bonds. The van der Waals surface area contributed by atoms with Crippen LogP contribution in [0.5, 0.6) is 0 Å². The zero-order valence-electron chi connectivity index (χ0n) is 13.1. The van der Waals surface area contributed by atoms with Gasteiger partial charge in [0.25, 0.3) is 0 Å². The third kappa shape index (κ3) is 5.58. The van der Waals surface area contributed by atoms with Gasteiger partial charge in [-0.15, -0.1) is 12.4 Å². The van der Waals surface area contributed by atoms with Gasteiger partial charge in [-0.1, -0.05) is 25.0 Å². The second-order valence-electron chi connectivity index (χ2n) is 6.16. The number of rotatable bonds is 6. The van der Waals surface area contributed by atoms with Gasteiger partial charge < -0.3 is 11.1 Å². The van der Waals surface area contributed by atoms with Crippen molar-refractivity contribution in [2.45, 2.75) is 57.5 Å². The molecule has 0 radical (unpaired) electrons. The summed E-state index contributed by atoms with van der Waals surface area (Å²) < 4.78 is 13.5. The van der Waals surface area contributed by atoms with E-state index >= 15 is 0 Å². The summed E-state index contributed by atoms with van der Waals surface area (Å²) in [5.74, 6) is 0.167. The Kier molecular flexibility index (Phi) is 7.83. The van der Waals surface area contributed by atoms with E-state index in [0.29, 0.717) is 18.8 Å². The standard InChI is InChI=1S/C17H25FN2O.ClH/c1-12(19)9-10-16(21)20-17(13-5-2-3-6-13)14-7-4-8-15(18)11-14;/h4,7-8,11-13,17H,2-3,5-6,9-10,19H2,1H3,(H,20,21);1H. The van der Waals surface area contributed by atoms with Crippen LogP contribution in [0.3, 0.4) is 0 Å². The first-order valence-corrected chi connectivity index (χ1v) is 7.86. The summed E-state index contributed by atoms with van der Waals surface area (Å²) in [6.45, 7) is 1.90. The first-order valence-electron chi connectivity index (χ1n) is 7.86. The van der Waals surface area contributed by atoms with E-state index in [2.05, 4.69) is 5.32 Å². The van der Waals surface area contributed by atoms with E-state index in [1.54, 1.807) is 6.07 Å². The molecule has 0 heterocycles. The fourth-order valence-corrected chi connectivity index (χ4v) is 3.07. The van der Waals surface area contributed by atoms with Crippen molar-refractivity contribution >= 4 is 18.3 Å². The summed E-state index contributed by atoms with van der Waals surface area (Å²) in [4.78, 5) is 12.1. The Balaban J connectivity index is 0.00000242. The molecule has 22 heavy (non-hydrogen) atoms. The maximum Gasteiger partial charge on any atom is 0.220 e. The molecule has 5 heteroatoms. The molecule has 0 aliphatic heterocycles. The summed E-state index contributed by atoms with van der Waals surface area (Å²) in [6.07, 6.45) is 5.66.